The molecule has 2 aromatic heterocycles. The number of pyridine rings is 2. The molecule has 0 spiro atoms. The first-order valence-corrected chi connectivity index (χ1v) is 7.44. The Bertz CT molecular complexity index is 830. The van der Waals surface area contributed by atoms with E-state index in [0.717, 1.165) is 36.2 Å². The molecule has 0 atom stereocenters. The minimum atomic E-state index is -0.0929. The molecule has 0 radical (unpaired) electrons. The van der Waals surface area contributed by atoms with Crippen LogP contribution in [0.25, 0.3) is 0 Å². The van der Waals surface area contributed by atoms with Gasteiger partial charge in [-0.25, -0.2) is 4.98 Å². The van der Waals surface area contributed by atoms with Crippen LogP contribution in [0, 0.1) is 25.2 Å². The maximum absolute atomic E-state index is 12.0. The second-order valence-electron chi connectivity index (χ2n) is 5.75. The molecule has 5 heteroatoms. The number of nitrogens with zero attached hydrogens (tertiary/aromatic N) is 2. The number of anilines is 1. The van der Waals surface area contributed by atoms with Crippen LogP contribution in [0.2, 0.25) is 0 Å². The Morgan fingerprint density at radius 2 is 2.18 bits per heavy atom. The van der Waals surface area contributed by atoms with Gasteiger partial charge in [0.2, 0.25) is 0 Å². The molecule has 0 fully saturated rings. The van der Waals surface area contributed by atoms with E-state index in [1.807, 2.05) is 26.0 Å². The fourth-order valence-electron chi connectivity index (χ4n) is 2.97. The Kier molecular flexibility index (Phi) is 3.68. The second kappa shape index (κ2) is 5.64. The van der Waals surface area contributed by atoms with Crippen LogP contribution in [0.5, 0.6) is 0 Å². The van der Waals surface area contributed by atoms with Crippen molar-refractivity contribution in [1.82, 2.24) is 9.97 Å². The molecule has 5 nitrogen and oxygen atoms in total. The molecule has 2 aromatic rings. The van der Waals surface area contributed by atoms with Crippen LogP contribution >= 0.6 is 0 Å². The molecule has 2 N–H and O–H groups in total. The van der Waals surface area contributed by atoms with Gasteiger partial charge in [0.25, 0.3) is 5.56 Å². The summed E-state index contributed by atoms with van der Waals surface area (Å²) in [7, 11) is 0. The van der Waals surface area contributed by atoms with E-state index in [0.29, 0.717) is 23.5 Å². The van der Waals surface area contributed by atoms with Gasteiger partial charge < -0.3 is 10.3 Å². The van der Waals surface area contributed by atoms with Crippen LogP contribution in [-0.2, 0) is 19.4 Å². The fraction of sp³-hybridized carbons (Fsp3) is 0.353. The highest BCUT2D eigenvalue weighted by Crippen LogP contribution is 2.25. The molecule has 0 aliphatic heterocycles. The van der Waals surface area contributed by atoms with Gasteiger partial charge in [0.15, 0.2) is 0 Å². The van der Waals surface area contributed by atoms with E-state index in [2.05, 4.69) is 21.4 Å². The van der Waals surface area contributed by atoms with Crippen LogP contribution in [0.4, 0.5) is 5.82 Å². The number of hydrogen-bond donors (Lipinski definition) is 2. The maximum Gasteiger partial charge on any atom is 0.253 e. The number of aryl methyl sites for hydroxylation is 4. The van der Waals surface area contributed by atoms with Crippen molar-refractivity contribution in [1.29, 1.82) is 5.26 Å². The lowest BCUT2D eigenvalue weighted by Gasteiger charge is -2.11. The molecule has 3 rings (SSSR count). The summed E-state index contributed by atoms with van der Waals surface area (Å²) in [6.45, 7) is 4.14. The Labute approximate surface area is 129 Å². The molecule has 22 heavy (non-hydrogen) atoms. The molecule has 1 aliphatic rings. The van der Waals surface area contributed by atoms with Crippen molar-refractivity contribution < 1.29 is 0 Å². The number of fused-ring (bicyclic) bond motifs is 1. The predicted molar refractivity (Wildman–Crippen MR) is 84.8 cm³/mol. The zero-order valence-electron chi connectivity index (χ0n) is 12.8. The summed E-state index contributed by atoms with van der Waals surface area (Å²) in [5.74, 6) is 0.572. The first-order valence-electron chi connectivity index (χ1n) is 7.44. The smallest absolute Gasteiger partial charge is 0.253 e. The topological polar surface area (TPSA) is 81.6 Å². The van der Waals surface area contributed by atoms with Gasteiger partial charge in [-0.2, -0.15) is 5.26 Å². The van der Waals surface area contributed by atoms with Gasteiger partial charge in [-0.15, -0.1) is 0 Å². The van der Waals surface area contributed by atoms with Gasteiger partial charge in [-0.05, 0) is 56.4 Å². The minimum Gasteiger partial charge on any atom is -0.365 e. The van der Waals surface area contributed by atoms with Gasteiger partial charge >= 0.3 is 0 Å². The quantitative estimate of drug-likeness (QED) is 0.910. The van der Waals surface area contributed by atoms with Crippen molar-refractivity contribution in [2.75, 3.05) is 5.32 Å². The number of hydrogen-bond acceptors (Lipinski definition) is 4. The predicted octanol–water partition coefficient (Wildman–Crippen LogP) is 2.36. The third kappa shape index (κ3) is 2.60. The number of rotatable bonds is 3. The normalized spacial score (nSPS) is 12.8. The Morgan fingerprint density at radius 1 is 1.36 bits per heavy atom. The lowest BCUT2D eigenvalue weighted by Crippen LogP contribution is -2.19. The van der Waals surface area contributed by atoms with Crippen molar-refractivity contribution in [2.45, 2.75) is 39.7 Å². The average Bonchev–Trinajstić information content (AvgIpc) is 2.92. The third-order valence-corrected chi connectivity index (χ3v) is 4.10. The monoisotopic (exact) mass is 294 g/mol. The van der Waals surface area contributed by atoms with Crippen LogP contribution in [0.1, 0.15) is 40.1 Å². The van der Waals surface area contributed by atoms with Gasteiger partial charge in [0.1, 0.15) is 11.9 Å². The number of aromatic amines is 1. The molecule has 0 bridgehead atoms. The number of nitriles is 1. The largest absolute Gasteiger partial charge is 0.365 e. The summed E-state index contributed by atoms with van der Waals surface area (Å²) in [4.78, 5) is 19.4. The molecule has 0 amide bonds. The molecule has 2 heterocycles. The summed E-state index contributed by atoms with van der Waals surface area (Å²) in [6.07, 6.45) is 3.04. The van der Waals surface area contributed by atoms with Crippen LogP contribution in [0.15, 0.2) is 16.9 Å². The molecule has 0 aromatic carbocycles. The molecular weight excluding hydrogens is 276 g/mol. The summed E-state index contributed by atoms with van der Waals surface area (Å²) < 4.78 is 0. The van der Waals surface area contributed by atoms with Crippen LogP contribution in [0.3, 0.4) is 0 Å². The van der Waals surface area contributed by atoms with Crippen LogP contribution < -0.4 is 10.9 Å². The number of nitrogens with one attached hydrogen (secondary N) is 2. The molecule has 112 valence electrons. The first-order chi connectivity index (χ1) is 10.6. The molecular formula is C17H18N4O. The summed E-state index contributed by atoms with van der Waals surface area (Å²) in [6, 6.07) is 6.05. The fourth-order valence-corrected chi connectivity index (χ4v) is 2.97. The van der Waals surface area contributed by atoms with Crippen molar-refractivity contribution in [3.63, 3.8) is 0 Å². The number of H-pyrrole nitrogens is 1. The van der Waals surface area contributed by atoms with Crippen molar-refractivity contribution in [3.8, 4) is 6.07 Å². The SMILES string of the molecule is Cc1cc(C)c(CNc2nc3c(cc2C#N)CCC3)c(=O)[nH]1. The second-order valence-corrected chi connectivity index (χ2v) is 5.75. The van der Waals surface area contributed by atoms with Crippen molar-refractivity contribution in [2.24, 2.45) is 0 Å². The van der Waals surface area contributed by atoms with E-state index in [1.165, 1.54) is 5.56 Å². The van der Waals surface area contributed by atoms with Gasteiger partial charge in [0, 0.05) is 23.5 Å². The zero-order valence-corrected chi connectivity index (χ0v) is 12.8. The van der Waals surface area contributed by atoms with E-state index in [4.69, 9.17) is 0 Å². The first kappa shape index (κ1) is 14.3. The molecule has 1 aliphatic carbocycles. The Hall–Kier alpha value is -2.61. The minimum absolute atomic E-state index is 0.0929. The van der Waals surface area contributed by atoms with Gasteiger partial charge in [-0.3, -0.25) is 4.79 Å². The third-order valence-electron chi connectivity index (χ3n) is 4.10. The highest BCUT2D eigenvalue weighted by atomic mass is 16.1. The number of aromatic nitrogens is 2. The highest BCUT2D eigenvalue weighted by Gasteiger charge is 2.16. The summed E-state index contributed by atoms with van der Waals surface area (Å²) >= 11 is 0. The molecule has 0 saturated carbocycles. The van der Waals surface area contributed by atoms with E-state index in [1.54, 1.807) is 0 Å². The van der Waals surface area contributed by atoms with Gasteiger partial charge in [0.05, 0.1) is 5.56 Å². The standard InChI is InChI=1S/C17H18N4O/c1-10-6-11(2)20-17(22)14(10)9-19-16-13(8-18)7-12-4-3-5-15(12)21-16/h6-7H,3-5,9H2,1-2H3,(H,19,21)(H,20,22). The molecule has 0 unspecified atom stereocenters. The van der Waals surface area contributed by atoms with Crippen LogP contribution in [-0.4, -0.2) is 9.97 Å². The molecule has 0 saturated heterocycles. The Morgan fingerprint density at radius 3 is 2.91 bits per heavy atom. The van der Waals surface area contributed by atoms with E-state index in [9.17, 15) is 10.1 Å². The zero-order chi connectivity index (χ0) is 15.7. The Balaban J connectivity index is 1.89. The van der Waals surface area contributed by atoms with Crippen molar-refractivity contribution in [3.05, 3.63) is 56.1 Å². The van der Waals surface area contributed by atoms with Crippen molar-refractivity contribution >= 4 is 5.82 Å². The van der Waals surface area contributed by atoms with E-state index in [-0.39, 0.29) is 5.56 Å². The van der Waals surface area contributed by atoms with Gasteiger partial charge in [-0.1, -0.05) is 0 Å². The van der Waals surface area contributed by atoms with E-state index >= 15 is 0 Å². The summed E-state index contributed by atoms with van der Waals surface area (Å²) in [5, 5.41) is 12.5. The lowest BCUT2D eigenvalue weighted by atomic mass is 10.1. The maximum atomic E-state index is 12.0. The lowest BCUT2D eigenvalue weighted by molar-refractivity contribution is 0.898. The average molecular weight is 294 g/mol. The highest BCUT2D eigenvalue weighted by molar-refractivity contribution is 5.55. The van der Waals surface area contributed by atoms with E-state index < -0.39 is 0 Å². The summed E-state index contributed by atoms with van der Waals surface area (Å²) in [5.41, 5.74) is 5.15.